The summed E-state index contributed by atoms with van der Waals surface area (Å²) in [5.41, 5.74) is -1.49. The van der Waals surface area contributed by atoms with E-state index in [-0.39, 0.29) is 41.1 Å². The number of carbonyl (C=O) groups excluding carboxylic acids is 2. The fraction of sp³-hybridized carbons (Fsp3) is 0.286. The lowest BCUT2D eigenvalue weighted by Crippen LogP contribution is -2.66. The van der Waals surface area contributed by atoms with Gasteiger partial charge in [0, 0.05) is 25.8 Å². The first-order valence-electron chi connectivity index (χ1n) is 12.3. The number of rotatable bonds is 7. The molecule has 12 heteroatoms. The number of benzene rings is 2. The number of halogens is 4. The van der Waals surface area contributed by atoms with E-state index < -0.39 is 40.5 Å². The molecule has 0 aliphatic carbocycles. The normalized spacial score (nSPS) is 14.4. The molecular formula is C28H26ClF3N4O4. The van der Waals surface area contributed by atoms with Crippen LogP contribution in [0.4, 0.5) is 24.5 Å². The lowest BCUT2D eigenvalue weighted by atomic mass is 9.69. The van der Waals surface area contributed by atoms with Crippen LogP contribution in [0, 0.1) is 0 Å². The zero-order valence-electron chi connectivity index (χ0n) is 21.8. The Morgan fingerprint density at radius 3 is 2.38 bits per heavy atom. The summed E-state index contributed by atoms with van der Waals surface area (Å²) in [6.07, 6.45) is -3.58. The number of aromatic carboxylic acids is 1. The molecule has 2 amide bonds. The number of carbonyl (C=O) groups is 3. The van der Waals surface area contributed by atoms with Gasteiger partial charge in [-0.3, -0.25) is 9.59 Å². The van der Waals surface area contributed by atoms with Crippen molar-refractivity contribution in [2.45, 2.75) is 31.4 Å². The number of pyridine rings is 1. The second-order valence-corrected chi connectivity index (χ2v) is 10.2. The minimum Gasteiger partial charge on any atom is -0.478 e. The third-order valence-electron chi connectivity index (χ3n) is 6.93. The molecule has 3 N–H and O–H groups in total. The number of alkyl halides is 3. The van der Waals surface area contributed by atoms with Crippen LogP contribution in [0.3, 0.4) is 0 Å². The fourth-order valence-corrected chi connectivity index (χ4v) is 5.07. The first-order valence-corrected chi connectivity index (χ1v) is 12.6. The van der Waals surface area contributed by atoms with Crippen molar-refractivity contribution < 1.29 is 32.7 Å². The van der Waals surface area contributed by atoms with Crippen LogP contribution in [-0.4, -0.2) is 48.0 Å². The Bertz CT molecular complexity index is 1490. The molecule has 40 heavy (non-hydrogen) atoms. The summed E-state index contributed by atoms with van der Waals surface area (Å²) in [5, 5.41) is 14.5. The Morgan fingerprint density at radius 1 is 1.10 bits per heavy atom. The van der Waals surface area contributed by atoms with Crippen LogP contribution in [0.5, 0.6) is 0 Å². The number of hydrogen-bond acceptors (Lipinski definition) is 5. The molecule has 1 aromatic heterocycles. The monoisotopic (exact) mass is 574 g/mol. The predicted molar refractivity (Wildman–Crippen MR) is 144 cm³/mol. The lowest BCUT2D eigenvalue weighted by Gasteiger charge is -2.51. The Labute approximate surface area is 233 Å². The van der Waals surface area contributed by atoms with Crippen LogP contribution in [0.25, 0.3) is 0 Å². The van der Waals surface area contributed by atoms with E-state index in [1.807, 2.05) is 26.0 Å². The first-order chi connectivity index (χ1) is 18.8. The highest BCUT2D eigenvalue weighted by Crippen LogP contribution is 2.46. The second-order valence-electron chi connectivity index (χ2n) is 9.80. The van der Waals surface area contributed by atoms with E-state index in [0.29, 0.717) is 11.6 Å². The van der Waals surface area contributed by atoms with Crippen LogP contribution < -0.4 is 15.5 Å². The molecule has 0 spiro atoms. The zero-order chi connectivity index (χ0) is 29.4. The zero-order valence-corrected chi connectivity index (χ0v) is 22.5. The molecule has 2 aromatic carbocycles. The lowest BCUT2D eigenvalue weighted by molar-refractivity contribution is -0.137. The van der Waals surface area contributed by atoms with E-state index in [1.54, 1.807) is 12.1 Å². The quantitative estimate of drug-likeness (QED) is 0.329. The van der Waals surface area contributed by atoms with Crippen molar-refractivity contribution in [3.63, 3.8) is 0 Å². The van der Waals surface area contributed by atoms with Gasteiger partial charge in [-0.25, -0.2) is 9.78 Å². The molecule has 4 rings (SSSR count). The summed E-state index contributed by atoms with van der Waals surface area (Å²) in [6.45, 7) is 3.63. The molecule has 0 atom stereocenters. The van der Waals surface area contributed by atoms with Crippen molar-refractivity contribution in [1.82, 2.24) is 10.3 Å². The van der Waals surface area contributed by atoms with Crippen molar-refractivity contribution in [2.75, 3.05) is 30.4 Å². The van der Waals surface area contributed by atoms with Crippen LogP contribution in [0.2, 0.25) is 5.15 Å². The molecule has 0 radical (unpaired) electrons. The standard InChI is InChI=1S/C28H26ClF3N4O4/c1-15(2)17-6-4-5-7-19(17)27(26(40)35-21-12-34-23(29)11-18(21)24(37)33-3)13-36(14-27)22-9-8-16(25(38)39)10-20(22)28(30,31)32/h4-12,15H,13-14H2,1-3H3,(H,33,37)(H,35,40)(H,38,39). The smallest absolute Gasteiger partial charge is 0.418 e. The highest BCUT2D eigenvalue weighted by Gasteiger charge is 2.53. The molecule has 1 fully saturated rings. The number of hydrogen-bond donors (Lipinski definition) is 3. The van der Waals surface area contributed by atoms with Crippen molar-refractivity contribution in [3.8, 4) is 0 Å². The number of carboxylic acid groups (broad SMARTS) is 1. The van der Waals surface area contributed by atoms with Crippen LogP contribution in [-0.2, 0) is 16.4 Å². The number of amides is 2. The van der Waals surface area contributed by atoms with Gasteiger partial charge in [0.15, 0.2) is 0 Å². The summed E-state index contributed by atoms with van der Waals surface area (Å²) in [5.74, 6) is -2.54. The van der Waals surface area contributed by atoms with E-state index >= 15 is 0 Å². The van der Waals surface area contributed by atoms with Gasteiger partial charge in [-0.15, -0.1) is 0 Å². The maximum atomic E-state index is 14.0. The summed E-state index contributed by atoms with van der Waals surface area (Å²) in [4.78, 5) is 43.2. The molecule has 210 valence electrons. The SMILES string of the molecule is CNC(=O)c1cc(Cl)ncc1NC(=O)C1(c2ccccc2C(C)C)CN(c2ccc(C(=O)O)cc2C(F)(F)F)C1. The molecular weight excluding hydrogens is 549 g/mol. The summed E-state index contributed by atoms with van der Waals surface area (Å²) >= 11 is 5.96. The van der Waals surface area contributed by atoms with Crippen LogP contribution in [0.1, 0.15) is 57.2 Å². The maximum absolute atomic E-state index is 14.0. The molecule has 1 saturated heterocycles. The Balaban J connectivity index is 1.79. The molecule has 1 aliphatic rings. The molecule has 1 aliphatic heterocycles. The highest BCUT2D eigenvalue weighted by molar-refractivity contribution is 6.30. The second kappa shape index (κ2) is 10.8. The maximum Gasteiger partial charge on any atom is 0.418 e. The Hall–Kier alpha value is -4.12. The van der Waals surface area contributed by atoms with Gasteiger partial charge >= 0.3 is 12.1 Å². The minimum atomic E-state index is -4.82. The van der Waals surface area contributed by atoms with Crippen LogP contribution in [0.15, 0.2) is 54.7 Å². The van der Waals surface area contributed by atoms with Gasteiger partial charge in [0.2, 0.25) is 5.91 Å². The molecule has 0 saturated carbocycles. The van der Waals surface area contributed by atoms with Gasteiger partial charge in [0.05, 0.1) is 28.6 Å². The third kappa shape index (κ3) is 5.33. The molecule has 3 aromatic rings. The van der Waals surface area contributed by atoms with Gasteiger partial charge in [-0.05, 0) is 41.3 Å². The van der Waals surface area contributed by atoms with E-state index in [9.17, 15) is 32.7 Å². The van der Waals surface area contributed by atoms with Crippen molar-refractivity contribution in [2.24, 2.45) is 0 Å². The number of nitrogens with one attached hydrogen (secondary N) is 2. The van der Waals surface area contributed by atoms with Gasteiger partial charge in [0.25, 0.3) is 5.91 Å². The minimum absolute atomic E-state index is 0.00543. The molecule has 0 bridgehead atoms. The first kappa shape index (κ1) is 28.9. The van der Waals surface area contributed by atoms with Crippen molar-refractivity contribution in [3.05, 3.63) is 87.7 Å². The van der Waals surface area contributed by atoms with E-state index in [2.05, 4.69) is 15.6 Å². The van der Waals surface area contributed by atoms with Gasteiger partial charge in [-0.1, -0.05) is 49.7 Å². The summed E-state index contributed by atoms with van der Waals surface area (Å²) < 4.78 is 41.9. The average Bonchev–Trinajstić information content (AvgIpc) is 2.88. The largest absolute Gasteiger partial charge is 0.478 e. The topological polar surface area (TPSA) is 112 Å². The van der Waals surface area contributed by atoms with Gasteiger partial charge in [0.1, 0.15) is 10.6 Å². The molecule has 8 nitrogen and oxygen atoms in total. The molecule has 0 unspecified atom stereocenters. The average molecular weight is 575 g/mol. The van der Waals surface area contributed by atoms with Crippen LogP contribution >= 0.6 is 11.6 Å². The fourth-order valence-electron chi connectivity index (χ4n) is 4.91. The third-order valence-corrected chi connectivity index (χ3v) is 7.14. The van der Waals surface area contributed by atoms with Gasteiger partial charge < -0.3 is 20.6 Å². The summed E-state index contributed by atoms with van der Waals surface area (Å²) in [6, 6.07) is 11.3. The van der Waals surface area contributed by atoms with E-state index in [1.165, 1.54) is 24.2 Å². The van der Waals surface area contributed by atoms with Crippen molar-refractivity contribution >= 4 is 40.8 Å². The number of aromatic nitrogens is 1. The Morgan fingerprint density at radius 2 is 1.77 bits per heavy atom. The van der Waals surface area contributed by atoms with Gasteiger partial charge in [-0.2, -0.15) is 13.2 Å². The number of anilines is 2. The Kier molecular flexibility index (Phi) is 7.80. The number of carboxylic acids is 1. The van der Waals surface area contributed by atoms with Crippen molar-refractivity contribution in [1.29, 1.82) is 0 Å². The highest BCUT2D eigenvalue weighted by atomic mass is 35.5. The summed E-state index contributed by atoms with van der Waals surface area (Å²) in [7, 11) is 1.42. The van der Waals surface area contributed by atoms with E-state index in [4.69, 9.17) is 11.6 Å². The molecule has 2 heterocycles. The predicted octanol–water partition coefficient (Wildman–Crippen LogP) is 5.33. The van der Waals surface area contributed by atoms with E-state index in [0.717, 1.165) is 17.7 Å². The number of nitrogens with zero attached hydrogens (tertiary/aromatic N) is 2.